The second kappa shape index (κ2) is 6.67. The highest BCUT2D eigenvalue weighted by atomic mass is 35.5. The number of carbonyl (C=O) groups is 1. The van der Waals surface area contributed by atoms with E-state index >= 15 is 0 Å². The monoisotopic (exact) mass is 405 g/mol. The van der Waals surface area contributed by atoms with Crippen LogP contribution in [0.4, 0.5) is 18.9 Å². The Balaban J connectivity index is 1.87. The minimum atomic E-state index is -4.56. The molecule has 4 nitrogen and oxygen atoms in total. The molecule has 0 saturated carbocycles. The maximum atomic E-state index is 13.2. The van der Waals surface area contributed by atoms with Crippen LogP contribution in [0, 0.1) is 6.92 Å². The van der Waals surface area contributed by atoms with Gasteiger partial charge in [0.05, 0.1) is 11.1 Å². The van der Waals surface area contributed by atoms with Crippen molar-refractivity contribution in [1.29, 1.82) is 0 Å². The van der Waals surface area contributed by atoms with Crippen LogP contribution in [0.25, 0.3) is 10.9 Å². The van der Waals surface area contributed by atoms with Crippen LogP contribution in [-0.4, -0.2) is 28.5 Å². The molecule has 0 radical (unpaired) electrons. The normalized spacial score (nSPS) is 16.8. The summed E-state index contributed by atoms with van der Waals surface area (Å²) >= 11 is 6.35. The molecule has 0 aliphatic carbocycles. The number of aromatic nitrogens is 1. The molecule has 8 heteroatoms. The summed E-state index contributed by atoms with van der Waals surface area (Å²) in [5, 5.41) is 3.81. The average Bonchev–Trinajstić information content (AvgIpc) is 2.63. The molecule has 1 amide bonds. The Morgan fingerprint density at radius 2 is 1.93 bits per heavy atom. The zero-order valence-corrected chi connectivity index (χ0v) is 15.5. The summed E-state index contributed by atoms with van der Waals surface area (Å²) in [6.45, 7) is 0.472. The van der Waals surface area contributed by atoms with Crippen molar-refractivity contribution < 1.29 is 18.0 Å². The summed E-state index contributed by atoms with van der Waals surface area (Å²) in [6, 6.07) is 13.7. The van der Waals surface area contributed by atoms with Gasteiger partial charge in [0.25, 0.3) is 5.91 Å². The number of alkyl halides is 3. The molecular formula is C20H15ClF3N3O. The molecular weight excluding hydrogens is 391 g/mol. The second-order valence-corrected chi connectivity index (χ2v) is 7.01. The number of aryl methyl sites for hydroxylation is 1. The van der Waals surface area contributed by atoms with Gasteiger partial charge in [-0.05, 0) is 30.7 Å². The van der Waals surface area contributed by atoms with Crippen LogP contribution in [0.5, 0.6) is 0 Å². The second-order valence-electron chi connectivity index (χ2n) is 6.66. The molecule has 0 bridgehead atoms. The van der Waals surface area contributed by atoms with Gasteiger partial charge in [-0.15, -0.1) is 0 Å². The van der Waals surface area contributed by atoms with E-state index in [1.54, 1.807) is 24.3 Å². The van der Waals surface area contributed by atoms with Crippen molar-refractivity contribution in [3.63, 3.8) is 0 Å². The molecule has 2 heterocycles. The Morgan fingerprint density at radius 1 is 1.18 bits per heavy atom. The van der Waals surface area contributed by atoms with Crippen molar-refractivity contribution in [3.8, 4) is 0 Å². The number of pyridine rings is 1. The predicted molar refractivity (Wildman–Crippen MR) is 101 cm³/mol. The van der Waals surface area contributed by atoms with Crippen molar-refractivity contribution in [2.45, 2.75) is 19.3 Å². The van der Waals surface area contributed by atoms with E-state index in [-0.39, 0.29) is 10.7 Å². The first-order valence-electron chi connectivity index (χ1n) is 8.53. The summed E-state index contributed by atoms with van der Waals surface area (Å²) in [7, 11) is 0. The lowest BCUT2D eigenvalue weighted by Crippen LogP contribution is -2.47. The van der Waals surface area contributed by atoms with Crippen LogP contribution < -0.4 is 5.32 Å². The minimum absolute atomic E-state index is 0.0543. The molecule has 2 aromatic carbocycles. The van der Waals surface area contributed by atoms with Gasteiger partial charge in [-0.1, -0.05) is 41.9 Å². The molecule has 4 rings (SSSR count). The summed E-state index contributed by atoms with van der Waals surface area (Å²) in [5.74, 6) is -0.711. The van der Waals surface area contributed by atoms with Crippen LogP contribution in [0.1, 0.15) is 27.7 Å². The number of hydrogen-bond acceptors (Lipinski definition) is 3. The SMILES string of the molecule is Cc1cccc2cc([C@@H]3Nc4ccccc4C(=O)N3CC(F)(F)F)c(Cl)nc12. The smallest absolute Gasteiger partial charge is 0.361 e. The van der Waals surface area contributed by atoms with E-state index in [0.29, 0.717) is 16.8 Å². The summed E-state index contributed by atoms with van der Waals surface area (Å²) in [5.41, 5.74) is 2.52. The average molecular weight is 406 g/mol. The first-order valence-corrected chi connectivity index (χ1v) is 8.91. The lowest BCUT2D eigenvalue weighted by Gasteiger charge is -2.38. The maximum absolute atomic E-state index is 13.2. The Labute approximate surface area is 163 Å². The van der Waals surface area contributed by atoms with Gasteiger partial charge in [0, 0.05) is 16.6 Å². The zero-order chi connectivity index (χ0) is 20.1. The molecule has 28 heavy (non-hydrogen) atoms. The number of benzene rings is 2. The van der Waals surface area contributed by atoms with Crippen molar-refractivity contribution in [2.75, 3.05) is 11.9 Å². The van der Waals surface area contributed by atoms with Crippen LogP contribution in [0.15, 0.2) is 48.5 Å². The molecule has 1 N–H and O–H groups in total. The van der Waals surface area contributed by atoms with E-state index in [2.05, 4.69) is 10.3 Å². The van der Waals surface area contributed by atoms with Crippen molar-refractivity contribution in [2.24, 2.45) is 0 Å². The number of nitrogens with one attached hydrogen (secondary N) is 1. The number of carbonyl (C=O) groups excluding carboxylic acids is 1. The highest BCUT2D eigenvalue weighted by Crippen LogP contribution is 2.38. The molecule has 1 aliphatic rings. The standard InChI is InChI=1S/C20H15ClF3N3O/c1-11-5-4-6-12-9-14(17(21)26-16(11)12)18-25-15-8-3-2-7-13(15)19(28)27(18)10-20(22,23)24/h2-9,18,25H,10H2,1H3/t18-/m1/s1. The number of para-hydroxylation sites is 2. The quantitative estimate of drug-likeness (QED) is 0.586. The van der Waals surface area contributed by atoms with Crippen molar-refractivity contribution in [3.05, 3.63) is 70.4 Å². The lowest BCUT2D eigenvalue weighted by atomic mass is 10.0. The van der Waals surface area contributed by atoms with Gasteiger partial charge in [-0.2, -0.15) is 13.2 Å². The van der Waals surface area contributed by atoms with Gasteiger partial charge in [0.1, 0.15) is 17.9 Å². The van der Waals surface area contributed by atoms with Gasteiger partial charge in [0.15, 0.2) is 0 Å². The number of hydrogen-bond donors (Lipinski definition) is 1. The number of amides is 1. The van der Waals surface area contributed by atoms with E-state index in [4.69, 9.17) is 11.6 Å². The fourth-order valence-electron chi connectivity index (χ4n) is 3.43. The van der Waals surface area contributed by atoms with Crippen molar-refractivity contribution >= 4 is 34.1 Å². The number of anilines is 1. The zero-order valence-electron chi connectivity index (χ0n) is 14.7. The lowest BCUT2D eigenvalue weighted by molar-refractivity contribution is -0.144. The third kappa shape index (κ3) is 3.26. The Kier molecular flexibility index (Phi) is 4.42. The largest absolute Gasteiger partial charge is 0.406 e. The minimum Gasteiger partial charge on any atom is -0.361 e. The van der Waals surface area contributed by atoms with E-state index in [9.17, 15) is 18.0 Å². The molecule has 3 aromatic rings. The molecule has 1 aromatic heterocycles. The summed E-state index contributed by atoms with van der Waals surface area (Å²) in [4.78, 5) is 17.9. The van der Waals surface area contributed by atoms with Crippen LogP contribution in [0.2, 0.25) is 5.15 Å². The number of halogens is 4. The van der Waals surface area contributed by atoms with Gasteiger partial charge in [0.2, 0.25) is 0 Å². The number of nitrogens with zero attached hydrogens (tertiary/aromatic N) is 2. The van der Waals surface area contributed by atoms with Gasteiger partial charge >= 0.3 is 6.18 Å². The highest BCUT2D eigenvalue weighted by Gasteiger charge is 2.41. The molecule has 0 unspecified atom stereocenters. The van der Waals surface area contributed by atoms with Gasteiger partial charge in [-0.25, -0.2) is 4.98 Å². The maximum Gasteiger partial charge on any atom is 0.406 e. The van der Waals surface area contributed by atoms with E-state index in [1.165, 1.54) is 6.07 Å². The van der Waals surface area contributed by atoms with Crippen molar-refractivity contribution in [1.82, 2.24) is 9.88 Å². The number of fused-ring (bicyclic) bond motifs is 2. The highest BCUT2D eigenvalue weighted by molar-refractivity contribution is 6.30. The molecule has 0 spiro atoms. The van der Waals surface area contributed by atoms with E-state index in [1.807, 2.05) is 25.1 Å². The fraction of sp³-hybridized carbons (Fsp3) is 0.200. The summed E-state index contributed by atoms with van der Waals surface area (Å²) in [6.07, 6.45) is -5.65. The molecule has 0 fully saturated rings. The Hall–Kier alpha value is -2.80. The topological polar surface area (TPSA) is 45.2 Å². The third-order valence-corrected chi connectivity index (χ3v) is 5.00. The van der Waals surface area contributed by atoms with Crippen LogP contribution in [-0.2, 0) is 0 Å². The predicted octanol–water partition coefficient (Wildman–Crippen LogP) is 5.33. The van der Waals surface area contributed by atoms with E-state index in [0.717, 1.165) is 15.8 Å². The summed E-state index contributed by atoms with van der Waals surface area (Å²) < 4.78 is 39.6. The molecule has 1 aliphatic heterocycles. The molecule has 0 saturated heterocycles. The first-order chi connectivity index (χ1) is 13.2. The number of rotatable bonds is 2. The fourth-order valence-corrected chi connectivity index (χ4v) is 3.67. The van der Waals surface area contributed by atoms with Crippen LogP contribution >= 0.6 is 11.6 Å². The molecule has 144 valence electrons. The first kappa shape index (κ1) is 18.6. The van der Waals surface area contributed by atoms with E-state index < -0.39 is 24.8 Å². The van der Waals surface area contributed by atoms with Crippen LogP contribution in [0.3, 0.4) is 0 Å². The van der Waals surface area contributed by atoms with Gasteiger partial charge in [-0.3, -0.25) is 4.79 Å². The molecule has 1 atom stereocenters. The third-order valence-electron chi connectivity index (χ3n) is 4.69. The van der Waals surface area contributed by atoms with Gasteiger partial charge < -0.3 is 10.2 Å². The Bertz CT molecular complexity index is 1080. The Morgan fingerprint density at radius 3 is 2.68 bits per heavy atom.